The van der Waals surface area contributed by atoms with Crippen LogP contribution < -0.4 is 4.74 Å². The van der Waals surface area contributed by atoms with Crippen molar-refractivity contribution in [2.75, 3.05) is 0 Å². The van der Waals surface area contributed by atoms with Gasteiger partial charge in [-0.25, -0.2) is 9.78 Å². The van der Waals surface area contributed by atoms with Crippen LogP contribution in [0.5, 0.6) is 5.75 Å². The van der Waals surface area contributed by atoms with Crippen LogP contribution in [0.2, 0.25) is 0 Å². The second-order valence-corrected chi connectivity index (χ2v) is 4.99. The van der Waals surface area contributed by atoms with Crippen molar-refractivity contribution in [3.05, 3.63) is 60.3 Å². The zero-order valence-electron chi connectivity index (χ0n) is 12.4. The Balaban J connectivity index is 1.86. The fourth-order valence-corrected chi connectivity index (χ4v) is 2.14. The van der Waals surface area contributed by atoms with E-state index in [0.29, 0.717) is 11.1 Å². The van der Waals surface area contributed by atoms with Gasteiger partial charge in [0.05, 0.1) is 11.8 Å². The predicted molar refractivity (Wildman–Crippen MR) is 81.0 cm³/mol. The Bertz CT molecular complexity index is 901. The lowest BCUT2D eigenvalue weighted by atomic mass is 10.1. The molecule has 1 aromatic heterocycles. The topological polar surface area (TPSA) is 72.6 Å². The van der Waals surface area contributed by atoms with Gasteiger partial charge in [-0.1, -0.05) is 12.1 Å². The van der Waals surface area contributed by atoms with E-state index in [1.165, 1.54) is 48.7 Å². The molecular formula is C17H10F3NO4. The van der Waals surface area contributed by atoms with Gasteiger partial charge >= 0.3 is 12.3 Å². The minimum Gasteiger partial charge on any atom is -0.478 e. The fraction of sp³-hybridized carbons (Fsp3) is 0.0588. The molecule has 0 aliphatic rings. The lowest BCUT2D eigenvalue weighted by Gasteiger charge is -2.09. The Morgan fingerprint density at radius 3 is 2.44 bits per heavy atom. The van der Waals surface area contributed by atoms with Crippen molar-refractivity contribution in [1.29, 1.82) is 0 Å². The maximum Gasteiger partial charge on any atom is 0.573 e. The number of halogens is 3. The molecule has 0 atom stereocenters. The number of hydrogen-bond donors (Lipinski definition) is 1. The summed E-state index contributed by atoms with van der Waals surface area (Å²) in [7, 11) is 0. The lowest BCUT2D eigenvalue weighted by molar-refractivity contribution is -0.274. The van der Waals surface area contributed by atoms with Crippen LogP contribution in [-0.4, -0.2) is 22.4 Å². The van der Waals surface area contributed by atoms with E-state index in [1.54, 1.807) is 6.07 Å². The maximum absolute atomic E-state index is 12.3. The molecule has 0 amide bonds. The smallest absolute Gasteiger partial charge is 0.478 e. The molecule has 0 aliphatic heterocycles. The van der Waals surface area contributed by atoms with Gasteiger partial charge in [0.25, 0.3) is 0 Å². The van der Waals surface area contributed by atoms with Crippen molar-refractivity contribution < 1.29 is 32.2 Å². The quantitative estimate of drug-likeness (QED) is 0.745. The van der Waals surface area contributed by atoms with Gasteiger partial charge in [-0.05, 0) is 36.4 Å². The van der Waals surface area contributed by atoms with Crippen LogP contribution in [0.1, 0.15) is 10.4 Å². The molecule has 128 valence electrons. The van der Waals surface area contributed by atoms with Crippen LogP contribution in [0.25, 0.3) is 22.8 Å². The molecule has 25 heavy (non-hydrogen) atoms. The standard InChI is InChI=1S/C17H10F3NO4/c18-17(19,20)25-13-3-1-2-12(8-13)14-9-21-15(24-14)10-4-6-11(7-5-10)16(22)23/h1-9H,(H,22,23). The minimum atomic E-state index is -4.78. The van der Waals surface area contributed by atoms with E-state index in [4.69, 9.17) is 9.52 Å². The Kier molecular flexibility index (Phi) is 4.18. The van der Waals surface area contributed by atoms with Crippen molar-refractivity contribution in [1.82, 2.24) is 4.98 Å². The number of rotatable bonds is 4. The third kappa shape index (κ3) is 3.97. The fourth-order valence-electron chi connectivity index (χ4n) is 2.14. The van der Waals surface area contributed by atoms with Crippen LogP contribution in [-0.2, 0) is 0 Å². The van der Waals surface area contributed by atoms with Crippen molar-refractivity contribution in [2.45, 2.75) is 6.36 Å². The van der Waals surface area contributed by atoms with Crippen molar-refractivity contribution in [2.24, 2.45) is 0 Å². The zero-order valence-corrected chi connectivity index (χ0v) is 12.4. The van der Waals surface area contributed by atoms with Crippen LogP contribution >= 0.6 is 0 Å². The molecule has 0 bridgehead atoms. The van der Waals surface area contributed by atoms with E-state index >= 15 is 0 Å². The van der Waals surface area contributed by atoms with Gasteiger partial charge in [-0.2, -0.15) is 0 Å². The summed E-state index contributed by atoms with van der Waals surface area (Å²) in [5, 5.41) is 8.87. The van der Waals surface area contributed by atoms with E-state index < -0.39 is 12.3 Å². The number of aromatic carboxylic acids is 1. The van der Waals surface area contributed by atoms with E-state index in [0.717, 1.165) is 0 Å². The first-order chi connectivity index (χ1) is 11.8. The van der Waals surface area contributed by atoms with Gasteiger partial charge in [0.15, 0.2) is 5.76 Å². The number of carboxylic acids is 1. The highest BCUT2D eigenvalue weighted by Crippen LogP contribution is 2.30. The summed E-state index contributed by atoms with van der Waals surface area (Å²) in [4.78, 5) is 14.9. The monoisotopic (exact) mass is 349 g/mol. The van der Waals surface area contributed by atoms with E-state index in [1.807, 2.05) is 0 Å². The van der Waals surface area contributed by atoms with Gasteiger partial charge in [-0.15, -0.1) is 13.2 Å². The zero-order chi connectivity index (χ0) is 18.0. The predicted octanol–water partition coefficient (Wildman–Crippen LogP) is 4.61. The molecular weight excluding hydrogens is 339 g/mol. The van der Waals surface area contributed by atoms with Gasteiger partial charge < -0.3 is 14.3 Å². The largest absolute Gasteiger partial charge is 0.573 e. The molecule has 3 rings (SSSR count). The SMILES string of the molecule is O=C(O)c1ccc(-c2ncc(-c3cccc(OC(F)(F)F)c3)o2)cc1. The number of benzene rings is 2. The molecule has 0 spiro atoms. The highest BCUT2D eigenvalue weighted by Gasteiger charge is 2.31. The van der Waals surface area contributed by atoms with Crippen molar-refractivity contribution in [3.8, 4) is 28.5 Å². The Morgan fingerprint density at radius 2 is 1.80 bits per heavy atom. The summed E-state index contributed by atoms with van der Waals surface area (Å²) in [5.41, 5.74) is 1.02. The first kappa shape index (κ1) is 16.6. The summed E-state index contributed by atoms with van der Waals surface area (Å²) in [6.45, 7) is 0. The molecule has 0 saturated carbocycles. The first-order valence-corrected chi connectivity index (χ1v) is 6.97. The van der Waals surface area contributed by atoms with Crippen LogP contribution in [0.15, 0.2) is 59.1 Å². The molecule has 1 N–H and O–H groups in total. The number of aromatic nitrogens is 1. The van der Waals surface area contributed by atoms with Gasteiger partial charge in [0.1, 0.15) is 5.75 Å². The lowest BCUT2D eigenvalue weighted by Crippen LogP contribution is -2.17. The molecule has 0 aliphatic carbocycles. The molecule has 1 heterocycles. The number of nitrogens with zero attached hydrogens (tertiary/aromatic N) is 1. The molecule has 3 aromatic rings. The maximum atomic E-state index is 12.3. The summed E-state index contributed by atoms with van der Waals surface area (Å²) in [6.07, 6.45) is -3.41. The van der Waals surface area contributed by atoms with E-state index in [9.17, 15) is 18.0 Å². The number of ether oxygens (including phenoxy) is 1. The third-order valence-corrected chi connectivity index (χ3v) is 3.24. The first-order valence-electron chi connectivity index (χ1n) is 6.97. The van der Waals surface area contributed by atoms with Crippen molar-refractivity contribution >= 4 is 5.97 Å². The van der Waals surface area contributed by atoms with Crippen LogP contribution in [0.3, 0.4) is 0 Å². The second kappa shape index (κ2) is 6.31. The third-order valence-electron chi connectivity index (χ3n) is 3.24. The number of carbonyl (C=O) groups is 1. The number of hydrogen-bond acceptors (Lipinski definition) is 4. The molecule has 8 heteroatoms. The normalized spacial score (nSPS) is 11.3. The van der Waals surface area contributed by atoms with Crippen LogP contribution in [0.4, 0.5) is 13.2 Å². The Morgan fingerprint density at radius 1 is 1.08 bits per heavy atom. The molecule has 0 fully saturated rings. The van der Waals surface area contributed by atoms with Gasteiger partial charge in [0, 0.05) is 11.1 Å². The average Bonchev–Trinajstić information content (AvgIpc) is 3.03. The highest BCUT2D eigenvalue weighted by atomic mass is 19.4. The summed E-state index contributed by atoms with van der Waals surface area (Å²) in [6, 6.07) is 11.2. The molecule has 0 unspecified atom stereocenters. The van der Waals surface area contributed by atoms with Gasteiger partial charge in [0.2, 0.25) is 5.89 Å². The number of carboxylic acid groups (broad SMARTS) is 1. The van der Waals surface area contributed by atoms with Crippen molar-refractivity contribution in [3.63, 3.8) is 0 Å². The molecule has 5 nitrogen and oxygen atoms in total. The number of alkyl halides is 3. The number of oxazole rings is 1. The molecule has 0 saturated heterocycles. The second-order valence-electron chi connectivity index (χ2n) is 4.99. The summed E-state index contributed by atoms with van der Waals surface area (Å²) >= 11 is 0. The molecule has 0 radical (unpaired) electrons. The van der Waals surface area contributed by atoms with Crippen LogP contribution in [0, 0.1) is 0 Å². The van der Waals surface area contributed by atoms with E-state index in [2.05, 4.69) is 9.72 Å². The van der Waals surface area contributed by atoms with Gasteiger partial charge in [-0.3, -0.25) is 0 Å². The Labute approximate surface area is 139 Å². The average molecular weight is 349 g/mol. The molecule has 2 aromatic carbocycles. The highest BCUT2D eigenvalue weighted by molar-refractivity contribution is 5.88. The van der Waals surface area contributed by atoms with E-state index in [-0.39, 0.29) is 23.0 Å². The summed E-state index contributed by atoms with van der Waals surface area (Å²) in [5.74, 6) is -0.950. The minimum absolute atomic E-state index is 0.118. The Hall–Kier alpha value is -3.29. The summed E-state index contributed by atoms with van der Waals surface area (Å²) < 4.78 is 46.3.